The number of hydrogen-bond acceptors (Lipinski definition) is 3. The molecule has 4 nitrogen and oxygen atoms in total. The number of aromatic nitrogens is 1. The zero-order chi connectivity index (χ0) is 28.9. The normalized spacial score (nSPS) is 23.7. The Balaban J connectivity index is 1.19. The van der Waals surface area contributed by atoms with Gasteiger partial charge in [-0.25, -0.2) is 0 Å². The van der Waals surface area contributed by atoms with Crippen LogP contribution < -0.4 is 0 Å². The van der Waals surface area contributed by atoms with Crippen LogP contribution in [0.15, 0.2) is 150 Å². The summed E-state index contributed by atoms with van der Waals surface area (Å²) in [7, 11) is 0. The van der Waals surface area contributed by atoms with Gasteiger partial charge in [0.25, 0.3) is 0 Å². The maximum Gasteiger partial charge on any atom is 0.0992 e. The van der Waals surface area contributed by atoms with Crippen molar-refractivity contribution in [3.63, 3.8) is 0 Å². The molecule has 0 saturated heterocycles. The average Bonchev–Trinajstić information content (AvgIpc) is 3.47. The third-order valence-corrected chi connectivity index (χ3v) is 9.18. The molecule has 4 unspecified atom stereocenters. The van der Waals surface area contributed by atoms with Crippen LogP contribution >= 0.6 is 0 Å². The van der Waals surface area contributed by atoms with E-state index in [0.29, 0.717) is 5.56 Å². The van der Waals surface area contributed by atoms with E-state index in [9.17, 15) is 10.5 Å². The molecule has 4 heteroatoms. The lowest BCUT2D eigenvalue weighted by atomic mass is 9.89. The third kappa shape index (κ3) is 4.03. The second-order valence-electron chi connectivity index (χ2n) is 11.5. The smallest absolute Gasteiger partial charge is 0.0992 e. The van der Waals surface area contributed by atoms with Gasteiger partial charge in [-0.2, -0.15) is 10.5 Å². The lowest BCUT2D eigenvalue weighted by molar-refractivity contribution is 0.255. The fourth-order valence-electron chi connectivity index (χ4n) is 7.22. The quantitative estimate of drug-likeness (QED) is 0.257. The van der Waals surface area contributed by atoms with Crippen molar-refractivity contribution in [3.05, 3.63) is 162 Å². The van der Waals surface area contributed by atoms with Crippen LogP contribution in [0.5, 0.6) is 0 Å². The van der Waals surface area contributed by atoms with Gasteiger partial charge in [0.15, 0.2) is 0 Å². The molecule has 0 saturated carbocycles. The fourth-order valence-corrected chi connectivity index (χ4v) is 7.22. The lowest BCUT2D eigenvalue weighted by Gasteiger charge is -2.36. The molecular formula is C39H28N4. The van der Waals surface area contributed by atoms with E-state index in [0.717, 1.165) is 28.7 Å². The Kier molecular flexibility index (Phi) is 5.88. The zero-order valence-corrected chi connectivity index (χ0v) is 23.5. The Morgan fingerprint density at radius 2 is 1.58 bits per heavy atom. The lowest BCUT2D eigenvalue weighted by Crippen LogP contribution is -2.40. The van der Waals surface area contributed by atoms with Gasteiger partial charge in [-0.3, -0.25) is 0 Å². The standard InChI is InChI=1S/C39H28N4/c40-24-26-7-5-9-30(21-26)42-36-13-3-1-11-32(36)34-18-15-28(16-19-38(34)42)29-17-20-39-35(23-29)33-12-2-4-14-37(33)43(39)31-10-6-8-27(22-31)25-41/h1-20,22-23,28,30,32,36H,21H2. The van der Waals surface area contributed by atoms with Gasteiger partial charge in [0.05, 0.1) is 40.8 Å². The molecule has 4 aliphatic rings. The highest BCUT2D eigenvalue weighted by Gasteiger charge is 2.40. The predicted octanol–water partition coefficient (Wildman–Crippen LogP) is 8.32. The highest BCUT2D eigenvalue weighted by molar-refractivity contribution is 6.09. The first kappa shape index (κ1) is 25.2. The molecular weight excluding hydrogens is 524 g/mol. The van der Waals surface area contributed by atoms with Crippen molar-refractivity contribution in [2.75, 3.05) is 0 Å². The minimum Gasteiger partial charge on any atom is -0.357 e. The predicted molar refractivity (Wildman–Crippen MR) is 172 cm³/mol. The van der Waals surface area contributed by atoms with Crippen LogP contribution in [0.2, 0.25) is 0 Å². The summed E-state index contributed by atoms with van der Waals surface area (Å²) in [5.74, 6) is 0.410. The van der Waals surface area contributed by atoms with Gasteiger partial charge in [-0.05, 0) is 59.7 Å². The minimum atomic E-state index is 0.124. The van der Waals surface area contributed by atoms with Gasteiger partial charge >= 0.3 is 0 Å². The van der Waals surface area contributed by atoms with Crippen LogP contribution in [0.3, 0.4) is 0 Å². The summed E-state index contributed by atoms with van der Waals surface area (Å²) in [6, 6.07) is 28.1. The average molecular weight is 553 g/mol. The minimum absolute atomic E-state index is 0.124. The number of allylic oxidation sites excluding steroid dienone is 8. The Labute approximate surface area is 251 Å². The van der Waals surface area contributed by atoms with Crippen LogP contribution in [0.4, 0.5) is 0 Å². The van der Waals surface area contributed by atoms with Gasteiger partial charge in [-0.15, -0.1) is 0 Å². The number of para-hydroxylation sites is 1. The first-order valence-electron chi connectivity index (χ1n) is 14.8. The number of rotatable bonds is 3. The highest BCUT2D eigenvalue weighted by Crippen LogP contribution is 2.44. The molecule has 0 N–H and O–H groups in total. The Morgan fingerprint density at radius 3 is 2.49 bits per heavy atom. The van der Waals surface area contributed by atoms with Crippen LogP contribution in [-0.4, -0.2) is 21.6 Å². The number of nitriles is 2. The number of fused-ring (bicyclic) bond motifs is 5. The highest BCUT2D eigenvalue weighted by atomic mass is 15.2. The molecule has 0 amide bonds. The number of nitrogens with zero attached hydrogens (tertiary/aromatic N) is 4. The van der Waals surface area contributed by atoms with E-state index < -0.39 is 0 Å². The molecule has 0 fully saturated rings. The summed E-state index contributed by atoms with van der Waals surface area (Å²) >= 11 is 0. The molecule has 204 valence electrons. The number of hydrogen-bond donors (Lipinski definition) is 0. The third-order valence-electron chi connectivity index (χ3n) is 9.18. The van der Waals surface area contributed by atoms with Gasteiger partial charge in [0, 0.05) is 46.0 Å². The Bertz CT molecular complexity index is 2110. The maximum absolute atomic E-state index is 9.61. The molecule has 3 aliphatic carbocycles. The molecule has 2 heterocycles. The van der Waals surface area contributed by atoms with Crippen LogP contribution in [0.25, 0.3) is 27.5 Å². The first-order chi connectivity index (χ1) is 21.2. The summed E-state index contributed by atoms with van der Waals surface area (Å²) in [5, 5.41) is 21.5. The summed E-state index contributed by atoms with van der Waals surface area (Å²) in [4.78, 5) is 2.51. The van der Waals surface area contributed by atoms with E-state index in [2.05, 4.69) is 125 Å². The molecule has 0 bridgehead atoms. The van der Waals surface area contributed by atoms with E-state index >= 15 is 0 Å². The SMILES string of the molecule is N#CC1=CC=CC(N2C3=C(C=CC(c4ccc5c(c4)c4ccccc4n5-c4cccc(C#N)c4)C=C3)C3C=CC=CC32)C1. The van der Waals surface area contributed by atoms with E-state index in [1.807, 2.05) is 30.4 Å². The molecule has 1 aliphatic heterocycles. The number of benzene rings is 3. The monoisotopic (exact) mass is 552 g/mol. The van der Waals surface area contributed by atoms with E-state index in [1.54, 1.807) is 0 Å². The molecule has 0 radical (unpaired) electrons. The first-order valence-corrected chi connectivity index (χ1v) is 14.8. The summed E-state index contributed by atoms with van der Waals surface area (Å²) < 4.78 is 2.26. The van der Waals surface area contributed by atoms with Crippen molar-refractivity contribution in [1.29, 1.82) is 10.5 Å². The second-order valence-corrected chi connectivity index (χ2v) is 11.5. The van der Waals surface area contributed by atoms with Crippen molar-refractivity contribution in [2.45, 2.75) is 24.4 Å². The Morgan fingerprint density at radius 1 is 0.721 bits per heavy atom. The van der Waals surface area contributed by atoms with Gasteiger partial charge in [0.2, 0.25) is 0 Å². The molecule has 0 spiro atoms. The molecule has 4 aromatic rings. The molecule has 43 heavy (non-hydrogen) atoms. The second kappa shape index (κ2) is 10.1. The summed E-state index contributed by atoms with van der Waals surface area (Å²) in [6.45, 7) is 0. The molecule has 4 atom stereocenters. The molecule has 3 aromatic carbocycles. The fraction of sp³-hybridized carbons (Fsp3) is 0.128. The van der Waals surface area contributed by atoms with Gasteiger partial charge in [0.1, 0.15) is 0 Å². The van der Waals surface area contributed by atoms with Crippen molar-refractivity contribution in [2.24, 2.45) is 5.92 Å². The van der Waals surface area contributed by atoms with Crippen molar-refractivity contribution < 1.29 is 0 Å². The van der Waals surface area contributed by atoms with Gasteiger partial charge < -0.3 is 9.47 Å². The van der Waals surface area contributed by atoms with Crippen molar-refractivity contribution in [3.8, 4) is 17.8 Å². The maximum atomic E-state index is 9.61. The van der Waals surface area contributed by atoms with Gasteiger partial charge in [-0.1, -0.05) is 85.0 Å². The van der Waals surface area contributed by atoms with E-state index in [-0.39, 0.29) is 23.9 Å². The molecule has 8 rings (SSSR count). The largest absolute Gasteiger partial charge is 0.357 e. The zero-order valence-electron chi connectivity index (χ0n) is 23.5. The van der Waals surface area contributed by atoms with E-state index in [1.165, 1.54) is 27.6 Å². The van der Waals surface area contributed by atoms with Crippen molar-refractivity contribution in [1.82, 2.24) is 9.47 Å². The molecule has 1 aromatic heterocycles. The van der Waals surface area contributed by atoms with Crippen LogP contribution in [0.1, 0.15) is 23.5 Å². The van der Waals surface area contributed by atoms with E-state index in [4.69, 9.17) is 0 Å². The summed E-state index contributed by atoms with van der Waals surface area (Å²) in [6.07, 6.45) is 25.1. The van der Waals surface area contributed by atoms with Crippen LogP contribution in [0, 0.1) is 28.6 Å². The summed E-state index contributed by atoms with van der Waals surface area (Å²) in [5.41, 5.74) is 8.54. The topological polar surface area (TPSA) is 55.8 Å². The Hall–Kier alpha value is -5.58. The van der Waals surface area contributed by atoms with Crippen molar-refractivity contribution >= 4 is 21.8 Å². The van der Waals surface area contributed by atoms with Crippen LogP contribution in [-0.2, 0) is 0 Å².